The van der Waals surface area contributed by atoms with Crippen LogP contribution in [-0.2, 0) is 24.2 Å². The number of H-pyrrole nitrogens is 1. The number of pyridine rings is 1. The maximum atomic E-state index is 13.2. The van der Waals surface area contributed by atoms with Crippen LogP contribution in [0.3, 0.4) is 0 Å². The molecule has 5 rings (SSSR count). The largest absolute Gasteiger partial charge is 0.376 e. The molecule has 37 heavy (non-hydrogen) atoms. The number of nitrogens with zero attached hydrogens (tertiary/aromatic N) is 5. The second-order valence-electron chi connectivity index (χ2n) is 10.0. The lowest BCUT2D eigenvalue weighted by atomic mass is 10.0. The topological polar surface area (TPSA) is 88.9 Å². The molecule has 0 amide bonds. The van der Waals surface area contributed by atoms with E-state index in [0.717, 1.165) is 73.1 Å². The first-order valence-electron chi connectivity index (χ1n) is 13.4. The number of para-hydroxylation sites is 1. The van der Waals surface area contributed by atoms with Crippen molar-refractivity contribution in [3.8, 4) is 0 Å². The monoisotopic (exact) mass is 500 g/mol. The van der Waals surface area contributed by atoms with Gasteiger partial charge in [-0.2, -0.15) is 0 Å². The van der Waals surface area contributed by atoms with Gasteiger partial charge in [0.25, 0.3) is 5.56 Å². The summed E-state index contributed by atoms with van der Waals surface area (Å²) in [5, 5.41) is 13.9. The number of hydrogen-bond acceptors (Lipinski definition) is 6. The number of rotatable bonds is 11. The van der Waals surface area contributed by atoms with E-state index < -0.39 is 0 Å². The lowest BCUT2D eigenvalue weighted by molar-refractivity contribution is 0.0890. The number of benzene rings is 2. The number of fused-ring (bicyclic) bond motifs is 1. The highest BCUT2D eigenvalue weighted by atomic mass is 16.5. The molecule has 0 spiro atoms. The standard InChI is InChI=1S/C29H36N6O2/c1-3-9-26(28-31-32-33-35(28)20-25-14-8-17-37-25)34(16-15-22-11-5-4-6-12-22)19-24-18-23-13-7-10-21(2)27(23)30-29(24)36/h4-7,10-13,18,25-26H,3,8-9,14-17,19-20H2,1-2H3,(H,30,36)/t25-,26+/m1/s1. The summed E-state index contributed by atoms with van der Waals surface area (Å²) >= 11 is 0. The van der Waals surface area contributed by atoms with Gasteiger partial charge in [0, 0.05) is 25.3 Å². The molecule has 0 unspecified atom stereocenters. The Kier molecular flexibility index (Phi) is 8.06. The van der Waals surface area contributed by atoms with E-state index in [4.69, 9.17) is 4.74 Å². The van der Waals surface area contributed by atoms with Gasteiger partial charge in [0.1, 0.15) is 0 Å². The van der Waals surface area contributed by atoms with Gasteiger partial charge in [0.05, 0.1) is 24.2 Å². The van der Waals surface area contributed by atoms with Crippen molar-refractivity contribution in [1.82, 2.24) is 30.1 Å². The summed E-state index contributed by atoms with van der Waals surface area (Å²) in [6, 6.07) is 18.6. The number of tetrazole rings is 1. The van der Waals surface area contributed by atoms with Gasteiger partial charge in [-0.1, -0.05) is 61.9 Å². The van der Waals surface area contributed by atoms with Gasteiger partial charge < -0.3 is 9.72 Å². The van der Waals surface area contributed by atoms with Gasteiger partial charge in [0.15, 0.2) is 5.82 Å². The average molecular weight is 501 g/mol. The molecule has 8 nitrogen and oxygen atoms in total. The fourth-order valence-electron chi connectivity index (χ4n) is 5.34. The number of aromatic amines is 1. The molecule has 3 heterocycles. The van der Waals surface area contributed by atoms with Crippen LogP contribution in [-0.4, -0.2) is 49.3 Å². The molecule has 8 heteroatoms. The smallest absolute Gasteiger partial charge is 0.252 e. The molecule has 1 N–H and O–H groups in total. The Bertz CT molecular complexity index is 1360. The Morgan fingerprint density at radius 1 is 1.19 bits per heavy atom. The minimum absolute atomic E-state index is 0.0160. The Morgan fingerprint density at radius 2 is 2.05 bits per heavy atom. The van der Waals surface area contributed by atoms with Crippen molar-refractivity contribution in [2.24, 2.45) is 0 Å². The SMILES string of the molecule is CCC[C@@H](c1nnnn1C[C@H]1CCCO1)N(CCc1ccccc1)Cc1cc2cccc(C)c2[nH]c1=O. The summed E-state index contributed by atoms with van der Waals surface area (Å²) in [5.41, 5.74) is 3.95. The maximum Gasteiger partial charge on any atom is 0.252 e. The zero-order valence-corrected chi connectivity index (χ0v) is 21.8. The number of nitrogens with one attached hydrogen (secondary N) is 1. The third kappa shape index (κ3) is 5.97. The van der Waals surface area contributed by atoms with Crippen LogP contribution < -0.4 is 5.56 Å². The van der Waals surface area contributed by atoms with Crippen molar-refractivity contribution in [1.29, 1.82) is 0 Å². The van der Waals surface area contributed by atoms with E-state index in [1.807, 2.05) is 35.9 Å². The molecule has 0 bridgehead atoms. The predicted octanol–water partition coefficient (Wildman–Crippen LogP) is 4.59. The minimum Gasteiger partial charge on any atom is -0.376 e. The maximum absolute atomic E-state index is 13.2. The summed E-state index contributed by atoms with van der Waals surface area (Å²) in [4.78, 5) is 18.7. The van der Waals surface area contributed by atoms with Crippen molar-refractivity contribution in [3.63, 3.8) is 0 Å². The summed E-state index contributed by atoms with van der Waals surface area (Å²) in [6.45, 7) is 6.96. The van der Waals surface area contributed by atoms with Gasteiger partial charge in [0.2, 0.25) is 0 Å². The van der Waals surface area contributed by atoms with E-state index in [-0.39, 0.29) is 17.7 Å². The van der Waals surface area contributed by atoms with Crippen molar-refractivity contribution in [3.05, 3.63) is 87.5 Å². The van der Waals surface area contributed by atoms with Gasteiger partial charge in [-0.3, -0.25) is 9.69 Å². The van der Waals surface area contributed by atoms with E-state index in [0.29, 0.717) is 13.1 Å². The molecule has 4 aromatic rings. The third-order valence-corrected chi connectivity index (χ3v) is 7.33. The number of aryl methyl sites for hydroxylation is 1. The normalized spacial score (nSPS) is 16.6. The molecule has 0 radical (unpaired) electrons. The van der Waals surface area contributed by atoms with E-state index in [2.05, 4.69) is 62.7 Å². The van der Waals surface area contributed by atoms with Crippen LogP contribution >= 0.6 is 0 Å². The zero-order chi connectivity index (χ0) is 25.6. The molecule has 0 saturated carbocycles. The van der Waals surface area contributed by atoms with Crippen LogP contribution in [0.4, 0.5) is 0 Å². The summed E-state index contributed by atoms with van der Waals surface area (Å²) < 4.78 is 7.79. The number of hydrogen-bond donors (Lipinski definition) is 1. The molecule has 1 aliphatic heterocycles. The Labute approximate surface area is 217 Å². The van der Waals surface area contributed by atoms with Crippen LogP contribution in [0, 0.1) is 6.92 Å². The predicted molar refractivity (Wildman–Crippen MR) is 144 cm³/mol. The first kappa shape index (κ1) is 25.3. The lowest BCUT2D eigenvalue weighted by Gasteiger charge is -2.31. The van der Waals surface area contributed by atoms with Gasteiger partial charge >= 0.3 is 0 Å². The fourth-order valence-corrected chi connectivity index (χ4v) is 5.34. The highest BCUT2D eigenvalue weighted by Crippen LogP contribution is 2.27. The fraction of sp³-hybridized carbons (Fsp3) is 0.448. The molecular weight excluding hydrogens is 464 g/mol. The van der Waals surface area contributed by atoms with Gasteiger partial charge in [-0.05, 0) is 65.6 Å². The molecule has 0 aliphatic carbocycles. The second-order valence-corrected chi connectivity index (χ2v) is 10.0. The van der Waals surface area contributed by atoms with Crippen molar-refractivity contribution in [2.45, 2.75) is 71.2 Å². The molecule has 1 aliphatic rings. The average Bonchev–Trinajstić information content (AvgIpc) is 3.59. The molecule has 2 atom stereocenters. The molecule has 2 aromatic carbocycles. The van der Waals surface area contributed by atoms with Gasteiger partial charge in [-0.25, -0.2) is 4.68 Å². The van der Waals surface area contributed by atoms with Crippen LogP contribution in [0.2, 0.25) is 0 Å². The zero-order valence-electron chi connectivity index (χ0n) is 21.8. The molecule has 2 aromatic heterocycles. The number of ether oxygens (including phenoxy) is 1. The first-order valence-corrected chi connectivity index (χ1v) is 13.4. The van der Waals surface area contributed by atoms with Crippen LogP contribution in [0.1, 0.15) is 61.2 Å². The summed E-state index contributed by atoms with van der Waals surface area (Å²) in [5.74, 6) is 0.846. The van der Waals surface area contributed by atoms with Crippen LogP contribution in [0.25, 0.3) is 10.9 Å². The Hall–Kier alpha value is -3.36. The summed E-state index contributed by atoms with van der Waals surface area (Å²) in [7, 11) is 0. The number of aromatic nitrogens is 5. The minimum atomic E-state index is -0.0410. The van der Waals surface area contributed by atoms with E-state index in [9.17, 15) is 4.79 Å². The second kappa shape index (κ2) is 11.8. The van der Waals surface area contributed by atoms with Crippen molar-refractivity contribution < 1.29 is 4.74 Å². The Balaban J connectivity index is 1.48. The quantitative estimate of drug-likeness (QED) is 0.324. The lowest BCUT2D eigenvalue weighted by Crippen LogP contribution is -2.35. The molecular formula is C29H36N6O2. The molecule has 1 saturated heterocycles. The van der Waals surface area contributed by atoms with E-state index >= 15 is 0 Å². The van der Waals surface area contributed by atoms with Crippen molar-refractivity contribution in [2.75, 3.05) is 13.2 Å². The summed E-state index contributed by atoms with van der Waals surface area (Å²) in [6.07, 6.45) is 5.00. The Morgan fingerprint density at radius 3 is 2.84 bits per heavy atom. The third-order valence-electron chi connectivity index (χ3n) is 7.33. The molecule has 194 valence electrons. The van der Waals surface area contributed by atoms with Gasteiger partial charge in [-0.15, -0.1) is 5.10 Å². The highest BCUT2D eigenvalue weighted by Gasteiger charge is 2.28. The van der Waals surface area contributed by atoms with E-state index in [1.165, 1.54) is 5.56 Å². The van der Waals surface area contributed by atoms with E-state index in [1.54, 1.807) is 0 Å². The van der Waals surface area contributed by atoms with Crippen molar-refractivity contribution >= 4 is 10.9 Å². The van der Waals surface area contributed by atoms with Crippen LogP contribution in [0.5, 0.6) is 0 Å². The highest BCUT2D eigenvalue weighted by molar-refractivity contribution is 5.81. The van der Waals surface area contributed by atoms with Crippen LogP contribution in [0.15, 0.2) is 59.4 Å². The molecule has 1 fully saturated rings. The first-order chi connectivity index (χ1) is 18.1.